The third-order valence-electron chi connectivity index (χ3n) is 2.78. The Hall–Kier alpha value is -1.99. The van der Waals surface area contributed by atoms with Crippen molar-refractivity contribution in [3.63, 3.8) is 0 Å². The van der Waals surface area contributed by atoms with Crippen molar-refractivity contribution in [1.82, 2.24) is 25.3 Å². The van der Waals surface area contributed by atoms with Crippen LogP contribution in [0.2, 0.25) is 0 Å². The summed E-state index contributed by atoms with van der Waals surface area (Å²) in [6.45, 7) is 2.20. The lowest BCUT2D eigenvalue weighted by molar-refractivity contribution is 0.276. The summed E-state index contributed by atoms with van der Waals surface area (Å²) in [5, 5.41) is 20.1. The Morgan fingerprint density at radius 1 is 1.40 bits per heavy atom. The molecule has 2 N–H and O–H groups in total. The lowest BCUT2D eigenvalue weighted by Gasteiger charge is -2.04. The fraction of sp³-hybridized carbons (Fsp3) is 0.462. The molecule has 7 heteroatoms. The van der Waals surface area contributed by atoms with Crippen LogP contribution in [-0.4, -0.2) is 38.8 Å². The van der Waals surface area contributed by atoms with Gasteiger partial charge < -0.3 is 15.2 Å². The van der Waals surface area contributed by atoms with E-state index < -0.39 is 0 Å². The molecule has 0 unspecified atom stereocenters. The van der Waals surface area contributed by atoms with E-state index >= 15 is 0 Å². The Morgan fingerprint density at radius 2 is 2.30 bits per heavy atom. The summed E-state index contributed by atoms with van der Waals surface area (Å²) < 4.78 is 6.81. The molecule has 108 valence electrons. The summed E-state index contributed by atoms with van der Waals surface area (Å²) in [6.07, 6.45) is 4.30. The zero-order chi connectivity index (χ0) is 14.2. The minimum atomic E-state index is 0.164. The van der Waals surface area contributed by atoms with Crippen LogP contribution in [0.1, 0.15) is 17.7 Å². The Bertz CT molecular complexity index is 529. The number of rotatable bonds is 8. The SMILES string of the molecule is COc1cc(CNCc2cn(CCCO)nn2)ccn1. The number of methoxy groups -OCH3 is 1. The first-order valence-corrected chi connectivity index (χ1v) is 6.51. The summed E-state index contributed by atoms with van der Waals surface area (Å²) in [6, 6.07) is 3.83. The summed E-state index contributed by atoms with van der Waals surface area (Å²) in [7, 11) is 1.60. The second-order valence-electron chi connectivity index (χ2n) is 4.36. The quantitative estimate of drug-likeness (QED) is 0.724. The van der Waals surface area contributed by atoms with Gasteiger partial charge in [-0.2, -0.15) is 0 Å². The molecular weight excluding hydrogens is 258 g/mol. The van der Waals surface area contributed by atoms with Crippen molar-refractivity contribution in [1.29, 1.82) is 0 Å². The maximum Gasteiger partial charge on any atom is 0.213 e. The van der Waals surface area contributed by atoms with Crippen molar-refractivity contribution in [2.45, 2.75) is 26.1 Å². The van der Waals surface area contributed by atoms with Gasteiger partial charge in [0.05, 0.1) is 12.8 Å². The maximum absolute atomic E-state index is 8.76. The lowest BCUT2D eigenvalue weighted by atomic mass is 10.2. The van der Waals surface area contributed by atoms with E-state index in [1.165, 1.54) is 0 Å². The van der Waals surface area contributed by atoms with Gasteiger partial charge in [-0.1, -0.05) is 5.21 Å². The molecule has 2 rings (SSSR count). The predicted molar refractivity (Wildman–Crippen MR) is 73.1 cm³/mol. The minimum Gasteiger partial charge on any atom is -0.481 e. The zero-order valence-corrected chi connectivity index (χ0v) is 11.5. The lowest BCUT2D eigenvalue weighted by Crippen LogP contribution is -2.13. The molecule has 20 heavy (non-hydrogen) atoms. The molecule has 0 saturated carbocycles. The van der Waals surface area contributed by atoms with Crippen molar-refractivity contribution in [2.24, 2.45) is 0 Å². The van der Waals surface area contributed by atoms with Crippen LogP contribution in [0.4, 0.5) is 0 Å². The smallest absolute Gasteiger partial charge is 0.213 e. The van der Waals surface area contributed by atoms with Gasteiger partial charge in [-0.25, -0.2) is 4.98 Å². The van der Waals surface area contributed by atoms with Crippen LogP contribution in [0.15, 0.2) is 24.5 Å². The van der Waals surface area contributed by atoms with E-state index in [-0.39, 0.29) is 6.61 Å². The number of nitrogens with zero attached hydrogens (tertiary/aromatic N) is 4. The third-order valence-corrected chi connectivity index (χ3v) is 2.78. The molecular formula is C13H19N5O2. The van der Waals surface area contributed by atoms with Crippen LogP contribution in [0.25, 0.3) is 0 Å². The molecule has 0 aliphatic carbocycles. The van der Waals surface area contributed by atoms with E-state index in [0.29, 0.717) is 31.9 Å². The van der Waals surface area contributed by atoms with E-state index in [1.807, 2.05) is 18.3 Å². The van der Waals surface area contributed by atoms with E-state index in [0.717, 1.165) is 11.3 Å². The van der Waals surface area contributed by atoms with Crippen molar-refractivity contribution in [2.75, 3.05) is 13.7 Å². The van der Waals surface area contributed by atoms with E-state index in [9.17, 15) is 0 Å². The van der Waals surface area contributed by atoms with Gasteiger partial charge in [-0.15, -0.1) is 5.10 Å². The largest absolute Gasteiger partial charge is 0.481 e. The monoisotopic (exact) mass is 277 g/mol. The van der Waals surface area contributed by atoms with Gasteiger partial charge in [0.25, 0.3) is 0 Å². The number of nitrogens with one attached hydrogen (secondary N) is 1. The third kappa shape index (κ3) is 4.29. The predicted octanol–water partition coefficient (Wildman–Crippen LogP) is 0.354. The molecule has 0 amide bonds. The molecule has 2 heterocycles. The molecule has 0 spiro atoms. The highest BCUT2D eigenvalue weighted by Gasteiger charge is 2.01. The topological polar surface area (TPSA) is 85.1 Å². The molecule has 0 radical (unpaired) electrons. The first kappa shape index (κ1) is 14.4. The molecule has 0 fully saturated rings. The van der Waals surface area contributed by atoms with Crippen molar-refractivity contribution in [3.8, 4) is 5.88 Å². The molecule has 0 aliphatic rings. The summed E-state index contributed by atoms with van der Waals surface area (Å²) in [5.41, 5.74) is 1.98. The average molecular weight is 277 g/mol. The molecule has 2 aromatic rings. The molecule has 0 bridgehead atoms. The van der Waals surface area contributed by atoms with E-state index in [2.05, 4.69) is 20.6 Å². The van der Waals surface area contributed by atoms with Crippen LogP contribution in [0, 0.1) is 0 Å². The molecule has 7 nitrogen and oxygen atoms in total. The number of aliphatic hydroxyl groups excluding tert-OH is 1. The van der Waals surface area contributed by atoms with E-state index in [1.54, 1.807) is 18.0 Å². The van der Waals surface area contributed by atoms with Crippen molar-refractivity contribution < 1.29 is 9.84 Å². The Morgan fingerprint density at radius 3 is 3.10 bits per heavy atom. The first-order valence-electron chi connectivity index (χ1n) is 6.51. The summed E-state index contributed by atoms with van der Waals surface area (Å²) in [4.78, 5) is 4.06. The number of hydrogen-bond donors (Lipinski definition) is 2. The number of aromatic nitrogens is 4. The average Bonchev–Trinajstić information content (AvgIpc) is 2.93. The molecule has 0 saturated heterocycles. The molecule has 0 aromatic carbocycles. The van der Waals surface area contributed by atoms with Gasteiger partial charge in [0.1, 0.15) is 0 Å². The van der Waals surface area contributed by atoms with Crippen LogP contribution in [0.5, 0.6) is 5.88 Å². The number of ether oxygens (including phenoxy) is 1. The standard InChI is InChI=1S/C13H19N5O2/c1-20-13-7-11(3-4-15-13)8-14-9-12-10-18(17-16-12)5-2-6-19/h3-4,7,10,14,19H,2,5-6,8-9H2,1H3. The Balaban J connectivity index is 1.78. The number of hydrogen-bond acceptors (Lipinski definition) is 6. The second kappa shape index (κ2) is 7.56. The van der Waals surface area contributed by atoms with E-state index in [4.69, 9.17) is 9.84 Å². The highest BCUT2D eigenvalue weighted by atomic mass is 16.5. The van der Waals surface area contributed by atoms with Gasteiger partial charge >= 0.3 is 0 Å². The molecule has 0 atom stereocenters. The van der Waals surface area contributed by atoms with Gasteiger partial charge in [0, 0.05) is 44.7 Å². The van der Waals surface area contributed by atoms with Gasteiger partial charge in [0.2, 0.25) is 5.88 Å². The second-order valence-corrected chi connectivity index (χ2v) is 4.36. The highest BCUT2D eigenvalue weighted by Crippen LogP contribution is 2.08. The minimum absolute atomic E-state index is 0.164. The van der Waals surface area contributed by atoms with Crippen LogP contribution in [0.3, 0.4) is 0 Å². The Kier molecular flexibility index (Phi) is 5.45. The van der Waals surface area contributed by atoms with Crippen LogP contribution in [-0.2, 0) is 19.6 Å². The van der Waals surface area contributed by atoms with Gasteiger partial charge in [-0.05, 0) is 18.1 Å². The van der Waals surface area contributed by atoms with Crippen LogP contribution >= 0.6 is 0 Å². The number of aryl methyl sites for hydroxylation is 1. The first-order chi connectivity index (χ1) is 9.81. The zero-order valence-electron chi connectivity index (χ0n) is 11.5. The maximum atomic E-state index is 8.76. The highest BCUT2D eigenvalue weighted by molar-refractivity contribution is 5.20. The number of pyridine rings is 1. The fourth-order valence-corrected chi connectivity index (χ4v) is 1.77. The molecule has 0 aliphatic heterocycles. The van der Waals surface area contributed by atoms with Gasteiger partial charge in [-0.3, -0.25) is 4.68 Å². The van der Waals surface area contributed by atoms with Crippen molar-refractivity contribution >= 4 is 0 Å². The fourth-order valence-electron chi connectivity index (χ4n) is 1.77. The van der Waals surface area contributed by atoms with Crippen molar-refractivity contribution in [3.05, 3.63) is 35.8 Å². The summed E-state index contributed by atoms with van der Waals surface area (Å²) in [5.74, 6) is 0.610. The molecule has 2 aromatic heterocycles. The number of aliphatic hydroxyl groups is 1. The van der Waals surface area contributed by atoms with Crippen LogP contribution < -0.4 is 10.1 Å². The van der Waals surface area contributed by atoms with Gasteiger partial charge in [0.15, 0.2) is 0 Å². The normalized spacial score (nSPS) is 10.7. The Labute approximate surface area is 117 Å². The summed E-state index contributed by atoms with van der Waals surface area (Å²) >= 11 is 0.